The van der Waals surface area contributed by atoms with Crippen LogP contribution in [-0.4, -0.2) is 23.8 Å². The van der Waals surface area contributed by atoms with Crippen molar-refractivity contribution in [3.8, 4) is 0 Å². The lowest BCUT2D eigenvalue weighted by Gasteiger charge is -2.31. The molecule has 5 unspecified atom stereocenters. The Labute approximate surface area is 112 Å². The molecule has 96 valence electrons. The van der Waals surface area contributed by atoms with E-state index in [1.165, 1.54) is 12.8 Å². The number of benzene rings is 1. The number of halogens is 1. The van der Waals surface area contributed by atoms with Crippen LogP contribution in [0.2, 0.25) is 5.02 Å². The minimum absolute atomic E-state index is 0.204. The van der Waals surface area contributed by atoms with Gasteiger partial charge in [-0.2, -0.15) is 0 Å². The standard InChI is InChI=1S/C14H17ClN2O/c15-10-2-1-3-11(16)13(10)17-6-8-4-7-5-9(8)12(17)14(7)18/h1-3,7-9,12,14,18H,4-6,16H2. The molecule has 0 radical (unpaired) electrons. The van der Waals surface area contributed by atoms with E-state index in [9.17, 15) is 5.11 Å². The van der Waals surface area contributed by atoms with E-state index in [0.717, 1.165) is 23.8 Å². The SMILES string of the molecule is Nc1cccc(Cl)c1N1CC2CC3CC2C1C3O. The minimum atomic E-state index is -0.204. The first-order chi connectivity index (χ1) is 8.66. The second kappa shape index (κ2) is 3.55. The smallest absolute Gasteiger partial charge is 0.0792 e. The minimum Gasteiger partial charge on any atom is -0.397 e. The molecular weight excluding hydrogens is 248 g/mol. The molecule has 0 aromatic heterocycles. The van der Waals surface area contributed by atoms with Crippen LogP contribution in [0.4, 0.5) is 11.4 Å². The zero-order chi connectivity index (χ0) is 12.4. The summed E-state index contributed by atoms with van der Waals surface area (Å²) in [5.74, 6) is 1.86. The summed E-state index contributed by atoms with van der Waals surface area (Å²) in [5.41, 5.74) is 7.73. The Balaban J connectivity index is 1.79. The van der Waals surface area contributed by atoms with Gasteiger partial charge in [0.2, 0.25) is 0 Å². The lowest BCUT2D eigenvalue weighted by Crippen LogP contribution is -2.41. The van der Waals surface area contributed by atoms with E-state index in [0.29, 0.717) is 16.9 Å². The van der Waals surface area contributed by atoms with Gasteiger partial charge < -0.3 is 15.7 Å². The molecule has 4 rings (SSSR count). The van der Waals surface area contributed by atoms with Crippen molar-refractivity contribution in [1.29, 1.82) is 0 Å². The number of hydrogen-bond acceptors (Lipinski definition) is 3. The van der Waals surface area contributed by atoms with Crippen molar-refractivity contribution in [2.75, 3.05) is 17.2 Å². The van der Waals surface area contributed by atoms with E-state index in [1.54, 1.807) is 0 Å². The Morgan fingerprint density at radius 3 is 2.83 bits per heavy atom. The van der Waals surface area contributed by atoms with Crippen LogP contribution in [0, 0.1) is 17.8 Å². The van der Waals surface area contributed by atoms with Crippen LogP contribution in [-0.2, 0) is 0 Å². The van der Waals surface area contributed by atoms with Crippen molar-refractivity contribution < 1.29 is 5.11 Å². The number of aliphatic hydroxyl groups excluding tert-OH is 1. The van der Waals surface area contributed by atoms with Gasteiger partial charge in [0.1, 0.15) is 0 Å². The van der Waals surface area contributed by atoms with Gasteiger partial charge in [0.25, 0.3) is 0 Å². The summed E-state index contributed by atoms with van der Waals surface area (Å²) in [6, 6.07) is 5.88. The molecule has 1 aromatic rings. The second-order valence-electron chi connectivity index (χ2n) is 5.97. The fourth-order valence-electron chi connectivity index (χ4n) is 4.51. The highest BCUT2D eigenvalue weighted by atomic mass is 35.5. The molecule has 1 aliphatic heterocycles. The molecule has 18 heavy (non-hydrogen) atoms. The van der Waals surface area contributed by atoms with Gasteiger partial charge >= 0.3 is 0 Å². The molecular formula is C14H17ClN2O. The van der Waals surface area contributed by atoms with Gasteiger partial charge in [-0.1, -0.05) is 17.7 Å². The number of rotatable bonds is 1. The Kier molecular flexibility index (Phi) is 2.16. The number of fused-ring (bicyclic) bond motifs is 1. The highest BCUT2D eigenvalue weighted by molar-refractivity contribution is 6.34. The maximum atomic E-state index is 10.4. The molecule has 3 fully saturated rings. The van der Waals surface area contributed by atoms with Crippen molar-refractivity contribution in [3.63, 3.8) is 0 Å². The first kappa shape index (κ1) is 10.9. The zero-order valence-corrected chi connectivity index (χ0v) is 10.8. The van der Waals surface area contributed by atoms with E-state index in [4.69, 9.17) is 17.3 Å². The molecule has 0 spiro atoms. The zero-order valence-electron chi connectivity index (χ0n) is 10.1. The van der Waals surface area contributed by atoms with Crippen LogP contribution < -0.4 is 10.6 Å². The van der Waals surface area contributed by atoms with Gasteiger partial charge in [-0.05, 0) is 42.7 Å². The van der Waals surface area contributed by atoms with Crippen LogP contribution in [0.1, 0.15) is 12.8 Å². The number of aliphatic hydroxyl groups is 1. The topological polar surface area (TPSA) is 49.5 Å². The van der Waals surface area contributed by atoms with E-state index >= 15 is 0 Å². The van der Waals surface area contributed by atoms with Crippen LogP contribution >= 0.6 is 11.6 Å². The Morgan fingerprint density at radius 1 is 1.28 bits per heavy atom. The molecule has 3 nitrogen and oxygen atoms in total. The highest BCUT2D eigenvalue weighted by Gasteiger charge is 2.59. The average Bonchev–Trinajstić information content (AvgIpc) is 2.90. The molecule has 0 amide bonds. The Morgan fingerprint density at radius 2 is 2.11 bits per heavy atom. The second-order valence-corrected chi connectivity index (χ2v) is 6.37. The van der Waals surface area contributed by atoms with Gasteiger partial charge in [-0.3, -0.25) is 0 Å². The van der Waals surface area contributed by atoms with Crippen LogP contribution in [0.15, 0.2) is 18.2 Å². The molecule has 4 heteroatoms. The largest absolute Gasteiger partial charge is 0.397 e. The number of nitrogens with two attached hydrogens (primary N) is 1. The van der Waals surface area contributed by atoms with E-state index in [2.05, 4.69) is 4.90 Å². The lowest BCUT2D eigenvalue weighted by atomic mass is 9.88. The van der Waals surface area contributed by atoms with Crippen LogP contribution in [0.5, 0.6) is 0 Å². The number of nitrogen functional groups attached to an aromatic ring is 1. The third-order valence-electron chi connectivity index (χ3n) is 5.15. The maximum absolute atomic E-state index is 10.4. The van der Waals surface area contributed by atoms with Crippen molar-refractivity contribution in [3.05, 3.63) is 23.2 Å². The molecule has 1 aromatic carbocycles. The molecule has 2 bridgehead atoms. The Hall–Kier alpha value is -0.930. The van der Waals surface area contributed by atoms with E-state index in [1.807, 2.05) is 18.2 Å². The predicted octanol–water partition coefficient (Wildman–Crippen LogP) is 2.13. The Bertz CT molecular complexity index is 484. The quantitative estimate of drug-likeness (QED) is 0.764. The number of anilines is 2. The fraction of sp³-hybridized carbons (Fsp3) is 0.571. The maximum Gasteiger partial charge on any atom is 0.0792 e. The summed E-state index contributed by atoms with van der Waals surface area (Å²) in [6.45, 7) is 0.997. The van der Waals surface area contributed by atoms with Crippen molar-refractivity contribution in [2.24, 2.45) is 17.8 Å². The van der Waals surface area contributed by atoms with Crippen molar-refractivity contribution in [1.82, 2.24) is 0 Å². The predicted molar refractivity (Wildman–Crippen MR) is 72.7 cm³/mol. The molecule has 1 saturated heterocycles. The molecule has 3 N–H and O–H groups in total. The van der Waals surface area contributed by atoms with E-state index < -0.39 is 0 Å². The van der Waals surface area contributed by atoms with Gasteiger partial charge in [0.15, 0.2) is 0 Å². The summed E-state index contributed by atoms with van der Waals surface area (Å²) >= 11 is 6.31. The number of para-hydroxylation sites is 1. The summed E-state index contributed by atoms with van der Waals surface area (Å²) in [5, 5.41) is 11.1. The molecule has 2 saturated carbocycles. The fourth-order valence-corrected chi connectivity index (χ4v) is 4.80. The molecule has 1 heterocycles. The average molecular weight is 265 g/mol. The molecule has 2 aliphatic carbocycles. The van der Waals surface area contributed by atoms with Crippen LogP contribution in [0.25, 0.3) is 0 Å². The summed E-state index contributed by atoms with van der Waals surface area (Å²) in [7, 11) is 0. The van der Waals surface area contributed by atoms with Gasteiger partial charge in [-0.15, -0.1) is 0 Å². The van der Waals surface area contributed by atoms with Gasteiger partial charge in [0, 0.05) is 6.54 Å². The summed E-state index contributed by atoms with van der Waals surface area (Å²) in [6.07, 6.45) is 2.14. The van der Waals surface area contributed by atoms with Crippen molar-refractivity contribution in [2.45, 2.75) is 25.0 Å². The number of hydrogen-bond donors (Lipinski definition) is 2. The van der Waals surface area contributed by atoms with Gasteiger partial charge in [0.05, 0.1) is 28.5 Å². The lowest BCUT2D eigenvalue weighted by molar-refractivity contribution is 0.0967. The highest BCUT2D eigenvalue weighted by Crippen LogP contribution is 2.56. The first-order valence-corrected chi connectivity index (χ1v) is 7.03. The normalized spacial score (nSPS) is 40.8. The van der Waals surface area contributed by atoms with Crippen molar-refractivity contribution >= 4 is 23.0 Å². The number of nitrogens with zero attached hydrogens (tertiary/aromatic N) is 1. The monoisotopic (exact) mass is 264 g/mol. The third kappa shape index (κ3) is 1.24. The van der Waals surface area contributed by atoms with Crippen LogP contribution in [0.3, 0.4) is 0 Å². The molecule has 3 aliphatic rings. The summed E-state index contributed by atoms with van der Waals surface area (Å²) in [4.78, 5) is 2.27. The van der Waals surface area contributed by atoms with Gasteiger partial charge in [-0.25, -0.2) is 0 Å². The van der Waals surface area contributed by atoms with E-state index in [-0.39, 0.29) is 12.1 Å². The molecule has 5 atom stereocenters. The first-order valence-electron chi connectivity index (χ1n) is 6.65. The summed E-state index contributed by atoms with van der Waals surface area (Å²) < 4.78 is 0. The third-order valence-corrected chi connectivity index (χ3v) is 5.46.